The van der Waals surface area contributed by atoms with Crippen LogP contribution in [0.1, 0.15) is 27.9 Å². The molecular formula is C18H20BrNO. The summed E-state index contributed by atoms with van der Waals surface area (Å²) in [7, 11) is 2.03. The molecule has 3 heteroatoms. The lowest BCUT2D eigenvalue weighted by Crippen LogP contribution is -2.21. The van der Waals surface area contributed by atoms with Crippen molar-refractivity contribution in [3.63, 3.8) is 0 Å². The van der Waals surface area contributed by atoms with E-state index in [4.69, 9.17) is 0 Å². The van der Waals surface area contributed by atoms with Crippen LogP contribution in [0.25, 0.3) is 0 Å². The van der Waals surface area contributed by atoms with Crippen LogP contribution >= 0.6 is 15.9 Å². The monoisotopic (exact) mass is 345 g/mol. The fourth-order valence-corrected chi connectivity index (χ4v) is 2.61. The molecule has 2 rings (SSSR count). The number of Topliss-reactive ketones (excluding diaryl/α,β-unsaturated/α-hetero) is 1. The highest BCUT2D eigenvalue weighted by molar-refractivity contribution is 9.10. The molecule has 0 saturated carbocycles. The third-order valence-corrected chi connectivity index (χ3v) is 4.02. The van der Waals surface area contributed by atoms with E-state index in [2.05, 4.69) is 52.9 Å². The molecule has 0 unspecified atom stereocenters. The first-order valence-electron chi connectivity index (χ1n) is 7.04. The van der Waals surface area contributed by atoms with Crippen LogP contribution in [0, 0.1) is 13.8 Å². The number of carbonyl (C=O) groups is 1. The fourth-order valence-electron chi connectivity index (χ4n) is 2.35. The summed E-state index contributed by atoms with van der Waals surface area (Å²) in [5.74, 6) is 0.179. The summed E-state index contributed by atoms with van der Waals surface area (Å²) in [6.45, 7) is 4.91. The van der Waals surface area contributed by atoms with Crippen LogP contribution in [0.3, 0.4) is 0 Å². The zero-order chi connectivity index (χ0) is 15.4. The molecule has 0 N–H and O–H groups in total. The van der Waals surface area contributed by atoms with Crippen molar-refractivity contribution >= 4 is 27.4 Å². The smallest absolute Gasteiger partial charge is 0.164 e. The van der Waals surface area contributed by atoms with Gasteiger partial charge >= 0.3 is 0 Å². The molecule has 0 spiro atoms. The number of hydrogen-bond acceptors (Lipinski definition) is 2. The Morgan fingerprint density at radius 1 is 1.05 bits per heavy atom. The normalized spacial score (nSPS) is 10.5. The molecular weight excluding hydrogens is 326 g/mol. The second-order valence-electron chi connectivity index (χ2n) is 5.45. The summed E-state index contributed by atoms with van der Waals surface area (Å²) >= 11 is 3.38. The number of hydrogen-bond donors (Lipinski definition) is 0. The maximum atomic E-state index is 12.2. The number of ketones is 1. The molecule has 21 heavy (non-hydrogen) atoms. The molecule has 0 aliphatic carbocycles. The molecule has 0 saturated heterocycles. The summed E-state index contributed by atoms with van der Waals surface area (Å²) < 4.78 is 0.992. The Bertz CT molecular complexity index is 614. The van der Waals surface area contributed by atoms with Crippen LogP contribution < -0.4 is 4.90 Å². The van der Waals surface area contributed by atoms with E-state index in [-0.39, 0.29) is 5.78 Å². The molecule has 0 atom stereocenters. The SMILES string of the molecule is Cc1cc(C)cc(N(C)CCC(=O)c2ccc(Br)cc2)c1. The van der Waals surface area contributed by atoms with Gasteiger partial charge in [-0.3, -0.25) is 4.79 Å². The van der Waals surface area contributed by atoms with Gasteiger partial charge in [-0.15, -0.1) is 0 Å². The largest absolute Gasteiger partial charge is 0.374 e. The van der Waals surface area contributed by atoms with Gasteiger partial charge in [0, 0.05) is 35.7 Å². The predicted molar refractivity (Wildman–Crippen MR) is 92.3 cm³/mol. The second-order valence-corrected chi connectivity index (χ2v) is 6.36. The van der Waals surface area contributed by atoms with Crippen molar-refractivity contribution in [3.8, 4) is 0 Å². The van der Waals surface area contributed by atoms with Crippen molar-refractivity contribution in [1.82, 2.24) is 0 Å². The summed E-state index contributed by atoms with van der Waals surface area (Å²) in [6.07, 6.45) is 0.519. The minimum atomic E-state index is 0.179. The molecule has 0 fully saturated rings. The lowest BCUT2D eigenvalue weighted by Gasteiger charge is -2.20. The van der Waals surface area contributed by atoms with E-state index in [0.717, 1.165) is 22.3 Å². The Labute approximate surface area is 134 Å². The van der Waals surface area contributed by atoms with E-state index in [1.807, 2.05) is 31.3 Å². The number of anilines is 1. The van der Waals surface area contributed by atoms with Crippen LogP contribution in [0.2, 0.25) is 0 Å². The Morgan fingerprint density at radius 3 is 2.19 bits per heavy atom. The van der Waals surface area contributed by atoms with Crippen LogP contribution in [0.15, 0.2) is 46.9 Å². The maximum Gasteiger partial charge on any atom is 0.164 e. The molecule has 2 aromatic carbocycles. The van der Waals surface area contributed by atoms with E-state index in [0.29, 0.717) is 6.42 Å². The van der Waals surface area contributed by atoms with Gasteiger partial charge in [0.25, 0.3) is 0 Å². The molecule has 0 amide bonds. The molecule has 2 nitrogen and oxygen atoms in total. The summed E-state index contributed by atoms with van der Waals surface area (Å²) in [5, 5.41) is 0. The molecule has 0 heterocycles. The average molecular weight is 346 g/mol. The first-order valence-corrected chi connectivity index (χ1v) is 7.83. The zero-order valence-corrected chi connectivity index (χ0v) is 14.3. The van der Waals surface area contributed by atoms with Crippen LogP contribution in [0.4, 0.5) is 5.69 Å². The lowest BCUT2D eigenvalue weighted by molar-refractivity contribution is 0.0985. The van der Waals surface area contributed by atoms with Gasteiger partial charge in [-0.1, -0.05) is 34.1 Å². The number of nitrogens with zero attached hydrogens (tertiary/aromatic N) is 1. The van der Waals surface area contributed by atoms with Crippen LogP contribution in [-0.4, -0.2) is 19.4 Å². The first-order chi connectivity index (χ1) is 9.95. The number of carbonyl (C=O) groups excluding carboxylic acids is 1. The Morgan fingerprint density at radius 2 is 1.62 bits per heavy atom. The standard InChI is InChI=1S/C18H20BrNO/c1-13-10-14(2)12-17(11-13)20(3)9-8-18(21)15-4-6-16(19)7-5-15/h4-7,10-12H,8-9H2,1-3H3. The molecule has 0 aliphatic rings. The Balaban J connectivity index is 1.98. The van der Waals surface area contributed by atoms with Gasteiger partial charge in [-0.2, -0.15) is 0 Å². The van der Waals surface area contributed by atoms with E-state index in [9.17, 15) is 4.79 Å². The van der Waals surface area contributed by atoms with Crippen molar-refractivity contribution in [2.45, 2.75) is 20.3 Å². The number of benzene rings is 2. The van der Waals surface area contributed by atoms with Crippen molar-refractivity contribution in [3.05, 3.63) is 63.6 Å². The number of aryl methyl sites for hydroxylation is 2. The highest BCUT2D eigenvalue weighted by Crippen LogP contribution is 2.18. The second kappa shape index (κ2) is 6.90. The molecule has 0 aliphatic heterocycles. The van der Waals surface area contributed by atoms with Crippen molar-refractivity contribution < 1.29 is 4.79 Å². The van der Waals surface area contributed by atoms with E-state index in [1.165, 1.54) is 11.1 Å². The van der Waals surface area contributed by atoms with Gasteiger partial charge in [0.1, 0.15) is 0 Å². The summed E-state index contributed by atoms with van der Waals surface area (Å²) in [6, 6.07) is 14.0. The molecule has 2 aromatic rings. The lowest BCUT2D eigenvalue weighted by atomic mass is 10.1. The van der Waals surface area contributed by atoms with Crippen LogP contribution in [0.5, 0.6) is 0 Å². The minimum absolute atomic E-state index is 0.179. The summed E-state index contributed by atoms with van der Waals surface area (Å²) in [4.78, 5) is 14.3. The highest BCUT2D eigenvalue weighted by Gasteiger charge is 2.08. The molecule has 0 aromatic heterocycles. The average Bonchev–Trinajstić information content (AvgIpc) is 2.44. The number of halogens is 1. The van der Waals surface area contributed by atoms with E-state index >= 15 is 0 Å². The summed E-state index contributed by atoms with van der Waals surface area (Å²) in [5.41, 5.74) is 4.43. The van der Waals surface area contributed by atoms with Gasteiger partial charge in [0.05, 0.1) is 0 Å². The van der Waals surface area contributed by atoms with E-state index in [1.54, 1.807) is 0 Å². The zero-order valence-electron chi connectivity index (χ0n) is 12.7. The van der Waals surface area contributed by atoms with Gasteiger partial charge < -0.3 is 4.90 Å². The quantitative estimate of drug-likeness (QED) is 0.727. The maximum absolute atomic E-state index is 12.2. The van der Waals surface area contributed by atoms with Crippen LogP contribution in [-0.2, 0) is 0 Å². The third kappa shape index (κ3) is 4.43. The van der Waals surface area contributed by atoms with Crippen molar-refractivity contribution in [1.29, 1.82) is 0 Å². The van der Waals surface area contributed by atoms with Crippen molar-refractivity contribution in [2.75, 3.05) is 18.5 Å². The molecule has 110 valence electrons. The minimum Gasteiger partial charge on any atom is -0.374 e. The number of rotatable bonds is 5. The van der Waals surface area contributed by atoms with Gasteiger partial charge in [0.2, 0.25) is 0 Å². The Kier molecular flexibility index (Phi) is 5.18. The first kappa shape index (κ1) is 15.8. The highest BCUT2D eigenvalue weighted by atomic mass is 79.9. The van der Waals surface area contributed by atoms with Gasteiger partial charge in [-0.05, 0) is 49.2 Å². The van der Waals surface area contributed by atoms with E-state index < -0.39 is 0 Å². The van der Waals surface area contributed by atoms with Gasteiger partial charge in [-0.25, -0.2) is 0 Å². The Hall–Kier alpha value is -1.61. The third-order valence-electron chi connectivity index (χ3n) is 3.49. The van der Waals surface area contributed by atoms with Gasteiger partial charge in [0.15, 0.2) is 5.78 Å². The van der Waals surface area contributed by atoms with Crippen molar-refractivity contribution in [2.24, 2.45) is 0 Å². The topological polar surface area (TPSA) is 20.3 Å². The fraction of sp³-hybridized carbons (Fsp3) is 0.278. The molecule has 0 radical (unpaired) electrons. The predicted octanol–water partition coefficient (Wildman–Crippen LogP) is 4.78. The molecule has 0 bridgehead atoms.